The van der Waals surface area contributed by atoms with Crippen molar-refractivity contribution < 1.29 is 14.6 Å². The van der Waals surface area contributed by atoms with Crippen molar-refractivity contribution in [2.75, 3.05) is 6.61 Å². The van der Waals surface area contributed by atoms with Crippen molar-refractivity contribution in [2.45, 2.75) is 13.3 Å². The van der Waals surface area contributed by atoms with Crippen LogP contribution in [0.3, 0.4) is 0 Å². The normalized spacial score (nSPS) is 10.7. The van der Waals surface area contributed by atoms with Crippen LogP contribution in [0.1, 0.15) is 11.1 Å². The number of ether oxygens (including phenoxy) is 1. The highest BCUT2D eigenvalue weighted by molar-refractivity contribution is 5.81. The Balaban J connectivity index is 1.92. The van der Waals surface area contributed by atoms with Gasteiger partial charge in [0.1, 0.15) is 22.5 Å². The predicted octanol–water partition coefficient (Wildman–Crippen LogP) is 2.71. The van der Waals surface area contributed by atoms with E-state index in [1.165, 1.54) is 4.80 Å². The molecule has 0 saturated carbocycles. The molecule has 3 aromatic rings. The zero-order valence-corrected chi connectivity index (χ0v) is 13.3. The number of aromatic nitrogens is 3. The van der Waals surface area contributed by atoms with E-state index in [1.807, 2.05) is 30.3 Å². The van der Waals surface area contributed by atoms with Gasteiger partial charge in [0.2, 0.25) is 0 Å². The lowest BCUT2D eigenvalue weighted by Gasteiger charge is -2.10. The number of phenolic OH excluding ortho intramolecular Hbond substituents is 1. The van der Waals surface area contributed by atoms with E-state index in [1.54, 1.807) is 13.0 Å². The van der Waals surface area contributed by atoms with Gasteiger partial charge in [-0.3, -0.25) is 0 Å². The molecule has 0 aliphatic rings. The van der Waals surface area contributed by atoms with Crippen LogP contribution in [0.15, 0.2) is 49.1 Å². The highest BCUT2D eigenvalue weighted by atomic mass is 16.5. The topological polar surface area (TPSA) is 77.2 Å². The van der Waals surface area contributed by atoms with Crippen molar-refractivity contribution in [3.63, 3.8) is 0 Å². The maximum atomic E-state index is 11.1. The Morgan fingerprint density at radius 1 is 1.29 bits per heavy atom. The van der Waals surface area contributed by atoms with Gasteiger partial charge in [0, 0.05) is 12.5 Å². The first-order valence-corrected chi connectivity index (χ1v) is 7.52. The molecular weight excluding hydrogens is 306 g/mol. The summed E-state index contributed by atoms with van der Waals surface area (Å²) >= 11 is 0. The summed E-state index contributed by atoms with van der Waals surface area (Å²) < 4.78 is 5.00. The summed E-state index contributed by atoms with van der Waals surface area (Å²) in [5, 5.41) is 19.1. The highest BCUT2D eigenvalue weighted by Gasteiger charge is 2.12. The summed E-state index contributed by atoms with van der Waals surface area (Å²) in [4.78, 5) is 12.5. The van der Waals surface area contributed by atoms with Crippen LogP contribution in [-0.2, 0) is 16.0 Å². The van der Waals surface area contributed by atoms with Crippen LogP contribution in [-0.4, -0.2) is 32.7 Å². The van der Waals surface area contributed by atoms with E-state index >= 15 is 0 Å². The molecule has 1 aromatic heterocycles. The highest BCUT2D eigenvalue weighted by Crippen LogP contribution is 2.27. The minimum Gasteiger partial charge on any atom is -0.505 e. The Hall–Kier alpha value is -3.15. The number of aryl methyl sites for hydroxylation is 1. The quantitative estimate of drug-likeness (QED) is 0.577. The van der Waals surface area contributed by atoms with E-state index in [9.17, 15) is 9.90 Å². The number of hydrogen-bond donors (Lipinski definition) is 1. The molecule has 0 fully saturated rings. The van der Waals surface area contributed by atoms with E-state index in [0.717, 1.165) is 22.7 Å². The van der Waals surface area contributed by atoms with E-state index in [2.05, 4.69) is 16.8 Å². The summed E-state index contributed by atoms with van der Waals surface area (Å²) in [6.45, 7) is 5.40. The molecule has 24 heavy (non-hydrogen) atoms. The third-order valence-electron chi connectivity index (χ3n) is 3.64. The largest absolute Gasteiger partial charge is 0.505 e. The molecule has 0 radical (unpaired) electrons. The van der Waals surface area contributed by atoms with Gasteiger partial charge >= 0.3 is 5.97 Å². The van der Waals surface area contributed by atoms with Crippen LogP contribution in [0.2, 0.25) is 0 Å². The fourth-order valence-corrected chi connectivity index (χ4v) is 2.43. The van der Waals surface area contributed by atoms with E-state index < -0.39 is 5.97 Å². The molecule has 0 atom stereocenters. The van der Waals surface area contributed by atoms with E-state index in [-0.39, 0.29) is 12.4 Å². The smallest absolute Gasteiger partial charge is 0.330 e. The Kier molecular flexibility index (Phi) is 4.29. The maximum absolute atomic E-state index is 11.1. The molecule has 0 aliphatic heterocycles. The van der Waals surface area contributed by atoms with Gasteiger partial charge in [-0.2, -0.15) is 0 Å². The second kappa shape index (κ2) is 6.54. The predicted molar refractivity (Wildman–Crippen MR) is 90.1 cm³/mol. The lowest BCUT2D eigenvalue weighted by molar-refractivity contribution is -0.137. The molecule has 0 unspecified atom stereocenters. The number of esters is 1. The number of benzene rings is 2. The number of carbonyl (C=O) groups excluding carboxylic acids is 1. The van der Waals surface area contributed by atoms with Crippen LogP contribution in [0.25, 0.3) is 16.7 Å². The first kappa shape index (κ1) is 15.7. The van der Waals surface area contributed by atoms with E-state index in [4.69, 9.17) is 4.74 Å². The molecule has 0 amide bonds. The average Bonchev–Trinajstić information content (AvgIpc) is 3.01. The van der Waals surface area contributed by atoms with Crippen LogP contribution in [0.4, 0.5) is 0 Å². The van der Waals surface area contributed by atoms with Gasteiger partial charge in [0.25, 0.3) is 0 Å². The van der Waals surface area contributed by atoms with Crippen LogP contribution in [0, 0.1) is 6.92 Å². The van der Waals surface area contributed by atoms with Crippen LogP contribution < -0.4 is 0 Å². The molecule has 0 saturated heterocycles. The Bertz CT molecular complexity index is 882. The molecule has 122 valence electrons. The number of rotatable bonds is 5. The first-order chi connectivity index (χ1) is 11.6. The van der Waals surface area contributed by atoms with Crippen molar-refractivity contribution in [3.05, 3.63) is 60.2 Å². The lowest BCUT2D eigenvalue weighted by atomic mass is 10.1. The van der Waals surface area contributed by atoms with Gasteiger partial charge in [-0.1, -0.05) is 24.8 Å². The van der Waals surface area contributed by atoms with Gasteiger partial charge in [-0.25, -0.2) is 4.79 Å². The number of hydrogen-bond acceptors (Lipinski definition) is 5. The first-order valence-electron chi connectivity index (χ1n) is 7.52. The lowest BCUT2D eigenvalue weighted by Crippen LogP contribution is -2.06. The summed E-state index contributed by atoms with van der Waals surface area (Å²) in [6, 6.07) is 11.1. The van der Waals surface area contributed by atoms with Gasteiger partial charge in [0.05, 0.1) is 6.61 Å². The summed E-state index contributed by atoms with van der Waals surface area (Å²) in [5.74, 6) is -0.326. The number of phenols is 1. The summed E-state index contributed by atoms with van der Waals surface area (Å²) in [5.41, 5.74) is 3.62. The zero-order chi connectivity index (χ0) is 17.1. The average molecular weight is 323 g/mol. The maximum Gasteiger partial charge on any atom is 0.330 e. The molecule has 1 heterocycles. The fraction of sp³-hybridized carbons (Fsp3) is 0.167. The summed E-state index contributed by atoms with van der Waals surface area (Å²) in [6.07, 6.45) is 1.65. The molecule has 2 aromatic carbocycles. The second-order valence-electron chi connectivity index (χ2n) is 5.38. The molecule has 0 aliphatic carbocycles. The third kappa shape index (κ3) is 3.12. The SMILES string of the molecule is C=CC(=O)OCCc1cc(C)c(O)c(-n2nc3ccccc3n2)c1. The van der Waals surface area contributed by atoms with Crippen LogP contribution >= 0.6 is 0 Å². The molecule has 0 spiro atoms. The van der Waals surface area contributed by atoms with Gasteiger partial charge in [-0.05, 0) is 36.2 Å². The van der Waals surface area contributed by atoms with Gasteiger partial charge in [0.15, 0.2) is 0 Å². The van der Waals surface area contributed by atoms with Gasteiger partial charge < -0.3 is 9.84 Å². The molecule has 3 rings (SSSR count). The minimum absolute atomic E-state index is 0.127. The summed E-state index contributed by atoms with van der Waals surface area (Å²) in [7, 11) is 0. The molecule has 1 N–H and O–H groups in total. The van der Waals surface area contributed by atoms with Crippen LogP contribution in [0.5, 0.6) is 5.75 Å². The fourth-order valence-electron chi connectivity index (χ4n) is 2.43. The number of nitrogens with zero attached hydrogens (tertiary/aromatic N) is 3. The molecule has 6 heteroatoms. The Labute approximate surface area is 139 Å². The van der Waals surface area contributed by atoms with Crippen molar-refractivity contribution in [1.82, 2.24) is 15.0 Å². The zero-order valence-electron chi connectivity index (χ0n) is 13.3. The number of fused-ring (bicyclic) bond motifs is 1. The number of aromatic hydroxyl groups is 1. The standard InChI is InChI=1S/C18H17N3O3/c1-3-17(22)24-9-8-13-10-12(2)18(23)16(11-13)21-19-14-6-4-5-7-15(14)20-21/h3-7,10-11,23H,1,8-9H2,2H3. The Morgan fingerprint density at radius 2 is 1.96 bits per heavy atom. The van der Waals surface area contributed by atoms with Gasteiger partial charge in [-0.15, -0.1) is 15.0 Å². The number of carbonyl (C=O) groups is 1. The molecular formula is C18H17N3O3. The second-order valence-corrected chi connectivity index (χ2v) is 5.38. The molecule has 6 nitrogen and oxygen atoms in total. The van der Waals surface area contributed by atoms with Crippen molar-refractivity contribution >= 4 is 17.0 Å². The Morgan fingerprint density at radius 3 is 2.58 bits per heavy atom. The molecule has 0 bridgehead atoms. The van der Waals surface area contributed by atoms with Crippen molar-refractivity contribution in [1.29, 1.82) is 0 Å². The van der Waals surface area contributed by atoms with Crippen molar-refractivity contribution in [2.24, 2.45) is 0 Å². The minimum atomic E-state index is -0.453. The van der Waals surface area contributed by atoms with Crippen molar-refractivity contribution in [3.8, 4) is 11.4 Å². The van der Waals surface area contributed by atoms with E-state index in [0.29, 0.717) is 17.7 Å². The third-order valence-corrected chi connectivity index (χ3v) is 3.64. The monoisotopic (exact) mass is 323 g/mol.